The van der Waals surface area contributed by atoms with Crippen LogP contribution in [0.2, 0.25) is 0 Å². The monoisotopic (exact) mass is 925 g/mol. The zero-order valence-electron chi connectivity index (χ0n) is 37.1. The standard InChI is InChI=1S/C49H47N7O8S2/c1-7-55-25-35(40(57)34-24-23-29(2)50-41(34)55)45(60)63-26-30-27-65-44-38(43(59)56(44)39(30)46(61)64-48(3,4)5)52-42(58)37(54-62-6)36-28-66-47(51-36)53-49(31-17-11-8-12-18-31,32-19-13-9-14-20-32)33-21-15-10-16-22-33/h8-25,28,38,44H,7,26-27H2,1-6H3,(H,51,53)(H,52,58)/t38-,44-/m1/s1. The van der Waals surface area contributed by atoms with Crippen LogP contribution in [0.3, 0.4) is 0 Å². The number of thiazole rings is 1. The summed E-state index contributed by atoms with van der Waals surface area (Å²) in [6, 6.07) is 32.2. The summed E-state index contributed by atoms with van der Waals surface area (Å²) in [5, 5.41) is 12.2. The largest absolute Gasteiger partial charge is 0.457 e. The summed E-state index contributed by atoms with van der Waals surface area (Å²) < 4.78 is 13.1. The summed E-state index contributed by atoms with van der Waals surface area (Å²) in [6.07, 6.45) is 1.41. The van der Waals surface area contributed by atoms with Crippen LogP contribution in [-0.2, 0) is 40.8 Å². The van der Waals surface area contributed by atoms with Crippen LogP contribution in [0.5, 0.6) is 0 Å². The number of nitrogens with one attached hydrogen (secondary N) is 2. The smallest absolute Gasteiger partial charge is 0.355 e. The van der Waals surface area contributed by atoms with E-state index in [0.717, 1.165) is 22.4 Å². The van der Waals surface area contributed by atoms with Crippen LogP contribution in [0.4, 0.5) is 5.13 Å². The van der Waals surface area contributed by atoms with E-state index >= 15 is 0 Å². The van der Waals surface area contributed by atoms with Gasteiger partial charge in [-0.3, -0.25) is 19.3 Å². The summed E-state index contributed by atoms with van der Waals surface area (Å²) >= 11 is 2.54. The fourth-order valence-electron chi connectivity index (χ4n) is 7.97. The number of ether oxygens (including phenoxy) is 2. The van der Waals surface area contributed by atoms with Gasteiger partial charge in [0.05, 0.1) is 5.39 Å². The van der Waals surface area contributed by atoms with Crippen molar-refractivity contribution in [3.63, 3.8) is 0 Å². The van der Waals surface area contributed by atoms with Crippen LogP contribution >= 0.6 is 23.1 Å². The zero-order valence-corrected chi connectivity index (χ0v) is 38.7. The topological polar surface area (TPSA) is 183 Å². The van der Waals surface area contributed by atoms with Crippen molar-refractivity contribution in [1.29, 1.82) is 0 Å². The molecule has 2 aliphatic rings. The Labute approximate surface area is 388 Å². The van der Waals surface area contributed by atoms with E-state index in [0.29, 0.717) is 22.9 Å². The molecular weight excluding hydrogens is 879 g/mol. The van der Waals surface area contributed by atoms with E-state index in [9.17, 15) is 24.0 Å². The molecule has 0 spiro atoms. The number of benzene rings is 3. The second-order valence-electron chi connectivity index (χ2n) is 16.5. The van der Waals surface area contributed by atoms with Crippen molar-refractivity contribution < 1.29 is 33.5 Å². The van der Waals surface area contributed by atoms with Crippen molar-refractivity contribution in [2.75, 3.05) is 24.8 Å². The first kappa shape index (κ1) is 45.5. The van der Waals surface area contributed by atoms with Gasteiger partial charge in [-0.05, 0) is 63.4 Å². The second kappa shape index (κ2) is 18.8. The van der Waals surface area contributed by atoms with Crippen LogP contribution in [0, 0.1) is 6.92 Å². The highest BCUT2D eigenvalue weighted by Gasteiger charge is 2.55. The molecule has 6 aromatic rings. The Kier molecular flexibility index (Phi) is 12.9. The van der Waals surface area contributed by atoms with Gasteiger partial charge >= 0.3 is 11.9 Å². The zero-order chi connectivity index (χ0) is 46.8. The van der Waals surface area contributed by atoms with Crippen molar-refractivity contribution >= 4 is 68.7 Å². The Bertz CT molecular complexity index is 2850. The third-order valence-corrected chi connectivity index (χ3v) is 13.1. The van der Waals surface area contributed by atoms with Crippen LogP contribution in [-0.4, -0.2) is 85.4 Å². The highest BCUT2D eigenvalue weighted by molar-refractivity contribution is 8.00. The molecule has 2 N–H and O–H groups in total. The molecule has 8 rings (SSSR count). The molecule has 0 radical (unpaired) electrons. The number of rotatable bonds is 14. The number of esters is 2. The molecule has 0 unspecified atom stereocenters. The molecule has 2 amide bonds. The van der Waals surface area contributed by atoms with E-state index in [4.69, 9.17) is 19.3 Å². The van der Waals surface area contributed by atoms with Crippen LogP contribution in [0.1, 0.15) is 66.1 Å². The van der Waals surface area contributed by atoms with Gasteiger partial charge in [0.2, 0.25) is 5.43 Å². The summed E-state index contributed by atoms with van der Waals surface area (Å²) in [4.78, 5) is 84.7. The third kappa shape index (κ3) is 8.83. The minimum Gasteiger partial charge on any atom is -0.457 e. The van der Waals surface area contributed by atoms with Gasteiger partial charge in [0.25, 0.3) is 11.8 Å². The number of hydrogen-bond donors (Lipinski definition) is 2. The Morgan fingerprint density at radius 2 is 1.48 bits per heavy atom. The van der Waals surface area contributed by atoms with Crippen molar-refractivity contribution in [3.05, 3.63) is 170 Å². The number of oxime groups is 1. The molecule has 2 aliphatic heterocycles. The molecule has 5 heterocycles. The lowest BCUT2D eigenvalue weighted by Gasteiger charge is -2.49. The van der Waals surface area contributed by atoms with Gasteiger partial charge < -0.3 is 29.5 Å². The first-order valence-electron chi connectivity index (χ1n) is 21.1. The summed E-state index contributed by atoms with van der Waals surface area (Å²) in [6.45, 7) is 8.78. The molecule has 1 saturated heterocycles. The third-order valence-electron chi connectivity index (χ3n) is 11.0. The number of β-lactam (4-membered cyclic amide) rings is 1. The van der Waals surface area contributed by atoms with E-state index in [1.165, 1.54) is 41.3 Å². The predicted molar refractivity (Wildman–Crippen MR) is 253 cm³/mol. The first-order chi connectivity index (χ1) is 31.7. The number of amides is 2. The number of fused-ring (bicyclic) bond motifs is 2. The Hall–Kier alpha value is -7.11. The SMILES string of the molecule is CCn1cc(C(=O)OCC2=C(C(=O)OC(C)(C)C)N3C(=O)[C@@H](NC(=O)C(=NOC)c4csc(NC(c5ccccc5)(c5ccccc5)c5ccccc5)n4)[C@H]3SC2)c(=O)c2ccc(C)nc21. The van der Waals surface area contributed by atoms with Crippen LogP contribution in [0.25, 0.3) is 11.0 Å². The number of hydrogen-bond acceptors (Lipinski definition) is 14. The van der Waals surface area contributed by atoms with Gasteiger partial charge in [-0.2, -0.15) is 0 Å². The molecule has 0 aliphatic carbocycles. The molecule has 1 fully saturated rings. The maximum absolute atomic E-state index is 14.1. The van der Waals surface area contributed by atoms with Crippen molar-refractivity contribution in [3.8, 4) is 0 Å². The molecular formula is C49H47N7O8S2. The molecule has 0 bridgehead atoms. The molecule has 66 heavy (non-hydrogen) atoms. The maximum Gasteiger partial charge on any atom is 0.355 e. The molecule has 0 saturated carbocycles. The fraction of sp³-hybridized carbons (Fsp3) is 0.265. The average molecular weight is 926 g/mol. The predicted octanol–water partition coefficient (Wildman–Crippen LogP) is 6.79. The number of carbonyl (C=O) groups is 4. The number of thioether (sulfide) groups is 1. The van der Waals surface area contributed by atoms with E-state index in [1.807, 2.05) is 105 Å². The molecule has 338 valence electrons. The van der Waals surface area contributed by atoms with Crippen molar-refractivity contribution in [1.82, 2.24) is 24.8 Å². The molecule has 15 nitrogen and oxygen atoms in total. The number of nitrogens with zero attached hydrogens (tertiary/aromatic N) is 5. The van der Waals surface area contributed by atoms with E-state index in [1.54, 1.807) is 42.9 Å². The number of aromatic nitrogens is 3. The summed E-state index contributed by atoms with van der Waals surface area (Å²) in [5.74, 6) is -2.89. The lowest BCUT2D eigenvalue weighted by molar-refractivity contribution is -0.158. The minimum atomic E-state index is -1.08. The van der Waals surface area contributed by atoms with Crippen molar-refractivity contribution in [2.45, 2.75) is 63.7 Å². The lowest BCUT2D eigenvalue weighted by atomic mass is 9.77. The van der Waals surface area contributed by atoms with E-state index in [2.05, 4.69) is 20.8 Å². The minimum absolute atomic E-state index is 0.0964. The summed E-state index contributed by atoms with van der Waals surface area (Å²) in [7, 11) is 1.31. The number of pyridine rings is 2. The Balaban J connectivity index is 1.03. The lowest BCUT2D eigenvalue weighted by Crippen LogP contribution is -2.71. The van der Waals surface area contributed by atoms with Crippen LogP contribution in [0.15, 0.2) is 136 Å². The quantitative estimate of drug-likeness (QED) is 0.0384. The van der Waals surface area contributed by atoms with Crippen molar-refractivity contribution in [2.24, 2.45) is 5.16 Å². The van der Waals surface area contributed by atoms with Gasteiger partial charge in [0.15, 0.2) is 10.8 Å². The first-order valence-corrected chi connectivity index (χ1v) is 23.1. The normalized spacial score (nSPS) is 16.3. The highest BCUT2D eigenvalue weighted by Crippen LogP contribution is 2.42. The van der Waals surface area contributed by atoms with Gasteiger partial charge in [-0.1, -0.05) is 96.2 Å². The molecule has 17 heteroatoms. The van der Waals surface area contributed by atoms with Gasteiger partial charge in [-0.25, -0.2) is 19.6 Å². The van der Waals surface area contributed by atoms with E-state index in [-0.39, 0.29) is 33.8 Å². The van der Waals surface area contributed by atoms with Gasteiger partial charge in [0, 0.05) is 35.1 Å². The van der Waals surface area contributed by atoms with Crippen LogP contribution < -0.4 is 16.1 Å². The highest BCUT2D eigenvalue weighted by atomic mass is 32.2. The molecule has 3 aromatic heterocycles. The number of aryl methyl sites for hydroxylation is 2. The average Bonchev–Trinajstić information content (AvgIpc) is 3.78. The van der Waals surface area contributed by atoms with Gasteiger partial charge in [-0.15, -0.1) is 23.1 Å². The summed E-state index contributed by atoms with van der Waals surface area (Å²) in [5.41, 5.74) is 1.71. The molecule has 2 atom stereocenters. The molecule has 3 aromatic carbocycles. The number of carbonyl (C=O) groups excluding carboxylic acids is 4. The maximum atomic E-state index is 14.1. The van der Waals surface area contributed by atoms with Gasteiger partial charge in [0.1, 0.15) is 58.9 Å². The number of anilines is 1. The Morgan fingerprint density at radius 3 is 2.06 bits per heavy atom. The van der Waals surface area contributed by atoms with E-state index < -0.39 is 58.3 Å². The second-order valence-corrected chi connectivity index (χ2v) is 18.5. The Morgan fingerprint density at radius 1 is 0.864 bits per heavy atom. The fourth-order valence-corrected chi connectivity index (χ4v) is 10.1.